The molecule has 2 aromatic carbocycles. The van der Waals surface area contributed by atoms with Crippen LogP contribution in [-0.2, 0) is 20.1 Å². The lowest BCUT2D eigenvalue weighted by atomic mass is 10.0. The molecule has 0 aliphatic heterocycles. The number of nitrogens with zero attached hydrogens (tertiary/aromatic N) is 3. The average Bonchev–Trinajstić information content (AvgIpc) is 2.91. The van der Waals surface area contributed by atoms with Crippen molar-refractivity contribution in [2.75, 3.05) is 11.9 Å². The number of anilines is 1. The lowest BCUT2D eigenvalue weighted by Crippen LogP contribution is -2.16. The quantitative estimate of drug-likeness (QED) is 0.799. The van der Waals surface area contributed by atoms with Crippen LogP contribution in [0.4, 0.5) is 5.69 Å². The molecule has 0 radical (unpaired) electrons. The van der Waals surface area contributed by atoms with Crippen molar-refractivity contribution in [2.45, 2.75) is 13.1 Å². The summed E-state index contributed by atoms with van der Waals surface area (Å²) in [7, 11) is 4.05. The van der Waals surface area contributed by atoms with E-state index in [1.54, 1.807) is 0 Å². The van der Waals surface area contributed by atoms with E-state index < -0.39 is 0 Å². The molecule has 0 atom stereocenters. The van der Waals surface area contributed by atoms with Crippen LogP contribution in [0.5, 0.6) is 0 Å². The monoisotopic (exact) mass is 280 g/mol. The molecule has 2 N–H and O–H groups in total. The van der Waals surface area contributed by atoms with E-state index in [0.717, 1.165) is 6.54 Å². The van der Waals surface area contributed by atoms with Crippen LogP contribution in [0.1, 0.15) is 11.1 Å². The minimum Gasteiger partial charge on any atom is -0.370 e. The SMILES string of the molecule is CN(Cc1cnn(C)c1)c1ccc(CN)c2ccccc12. The van der Waals surface area contributed by atoms with Gasteiger partial charge in [0.25, 0.3) is 0 Å². The third-order valence-corrected chi connectivity index (χ3v) is 3.80. The van der Waals surface area contributed by atoms with Crippen molar-refractivity contribution in [1.82, 2.24) is 9.78 Å². The van der Waals surface area contributed by atoms with Gasteiger partial charge in [-0.05, 0) is 17.0 Å². The Kier molecular flexibility index (Phi) is 3.62. The van der Waals surface area contributed by atoms with Crippen LogP contribution < -0.4 is 10.6 Å². The first kappa shape index (κ1) is 13.6. The highest BCUT2D eigenvalue weighted by Gasteiger charge is 2.09. The third-order valence-electron chi connectivity index (χ3n) is 3.80. The Hall–Kier alpha value is -2.33. The van der Waals surface area contributed by atoms with Gasteiger partial charge >= 0.3 is 0 Å². The fraction of sp³-hybridized carbons (Fsp3) is 0.235. The summed E-state index contributed by atoms with van der Waals surface area (Å²) in [6, 6.07) is 12.7. The van der Waals surface area contributed by atoms with Crippen LogP contribution in [0.25, 0.3) is 10.8 Å². The molecule has 0 saturated heterocycles. The number of nitrogens with two attached hydrogens (primary N) is 1. The van der Waals surface area contributed by atoms with Gasteiger partial charge in [0.15, 0.2) is 0 Å². The second-order valence-electron chi connectivity index (χ2n) is 5.37. The van der Waals surface area contributed by atoms with Crippen molar-refractivity contribution in [3.05, 3.63) is 59.9 Å². The molecule has 21 heavy (non-hydrogen) atoms. The van der Waals surface area contributed by atoms with Gasteiger partial charge in [-0.15, -0.1) is 0 Å². The summed E-state index contributed by atoms with van der Waals surface area (Å²) in [5.74, 6) is 0. The standard InChI is InChI=1S/C17H20N4/c1-20(11-13-10-19-21(2)12-13)17-8-7-14(9-18)15-5-3-4-6-16(15)17/h3-8,10,12H,9,11,18H2,1-2H3. The molecule has 0 spiro atoms. The Balaban J connectivity index is 2.00. The van der Waals surface area contributed by atoms with E-state index in [1.165, 1.54) is 27.6 Å². The predicted molar refractivity (Wildman–Crippen MR) is 87.2 cm³/mol. The first-order valence-electron chi connectivity index (χ1n) is 7.08. The van der Waals surface area contributed by atoms with Crippen LogP contribution in [0.3, 0.4) is 0 Å². The van der Waals surface area contributed by atoms with Gasteiger partial charge < -0.3 is 10.6 Å². The Bertz CT molecular complexity index is 760. The van der Waals surface area contributed by atoms with Crippen LogP contribution in [-0.4, -0.2) is 16.8 Å². The first-order valence-corrected chi connectivity index (χ1v) is 7.08. The molecule has 108 valence electrons. The normalized spacial score (nSPS) is 11.0. The number of rotatable bonds is 4. The average molecular weight is 280 g/mol. The molecular weight excluding hydrogens is 260 g/mol. The molecule has 0 unspecified atom stereocenters. The number of aromatic nitrogens is 2. The summed E-state index contributed by atoms with van der Waals surface area (Å²) in [6.07, 6.45) is 3.96. The van der Waals surface area contributed by atoms with Gasteiger partial charge in [-0.3, -0.25) is 4.68 Å². The highest BCUT2D eigenvalue weighted by molar-refractivity contribution is 5.96. The summed E-state index contributed by atoms with van der Waals surface area (Å²) in [4.78, 5) is 2.25. The van der Waals surface area contributed by atoms with E-state index in [-0.39, 0.29) is 0 Å². The molecule has 0 amide bonds. The van der Waals surface area contributed by atoms with Gasteiger partial charge in [-0.1, -0.05) is 30.3 Å². The lowest BCUT2D eigenvalue weighted by Gasteiger charge is -2.21. The van der Waals surface area contributed by atoms with E-state index in [4.69, 9.17) is 5.73 Å². The number of fused-ring (bicyclic) bond motifs is 1. The largest absolute Gasteiger partial charge is 0.370 e. The van der Waals surface area contributed by atoms with Crippen LogP contribution >= 0.6 is 0 Å². The summed E-state index contributed by atoms with van der Waals surface area (Å²) in [5.41, 5.74) is 9.44. The molecule has 3 rings (SSSR count). The molecule has 0 saturated carbocycles. The molecule has 4 heteroatoms. The third kappa shape index (κ3) is 2.62. The molecule has 3 aromatic rings. The van der Waals surface area contributed by atoms with Crippen molar-refractivity contribution < 1.29 is 0 Å². The molecule has 1 aromatic heterocycles. The lowest BCUT2D eigenvalue weighted by molar-refractivity contribution is 0.766. The van der Waals surface area contributed by atoms with Crippen molar-refractivity contribution in [2.24, 2.45) is 12.8 Å². The number of hydrogen-bond acceptors (Lipinski definition) is 3. The van der Waals surface area contributed by atoms with Gasteiger partial charge in [0, 0.05) is 50.0 Å². The van der Waals surface area contributed by atoms with E-state index >= 15 is 0 Å². The van der Waals surface area contributed by atoms with Crippen LogP contribution in [0.15, 0.2) is 48.8 Å². The zero-order valence-electron chi connectivity index (χ0n) is 12.5. The Morgan fingerprint density at radius 1 is 1.14 bits per heavy atom. The fourth-order valence-corrected chi connectivity index (χ4v) is 2.77. The van der Waals surface area contributed by atoms with E-state index in [0.29, 0.717) is 6.54 Å². The molecule has 0 bridgehead atoms. The zero-order valence-corrected chi connectivity index (χ0v) is 12.5. The highest BCUT2D eigenvalue weighted by atomic mass is 15.2. The summed E-state index contributed by atoms with van der Waals surface area (Å²) >= 11 is 0. The summed E-state index contributed by atoms with van der Waals surface area (Å²) in [5, 5.41) is 6.70. The van der Waals surface area contributed by atoms with Crippen molar-refractivity contribution in [3.8, 4) is 0 Å². The second-order valence-corrected chi connectivity index (χ2v) is 5.37. The van der Waals surface area contributed by atoms with Crippen LogP contribution in [0.2, 0.25) is 0 Å². The molecule has 0 fully saturated rings. The van der Waals surface area contributed by atoms with Gasteiger partial charge in [-0.2, -0.15) is 5.10 Å². The highest BCUT2D eigenvalue weighted by Crippen LogP contribution is 2.29. The van der Waals surface area contributed by atoms with Crippen LogP contribution in [0, 0.1) is 0 Å². The van der Waals surface area contributed by atoms with Gasteiger partial charge in [0.1, 0.15) is 0 Å². The van der Waals surface area contributed by atoms with Crippen molar-refractivity contribution >= 4 is 16.5 Å². The summed E-state index contributed by atoms with van der Waals surface area (Å²) < 4.78 is 1.83. The molecular formula is C17H20N4. The van der Waals surface area contributed by atoms with E-state index in [9.17, 15) is 0 Å². The smallest absolute Gasteiger partial charge is 0.0539 e. The maximum absolute atomic E-state index is 5.84. The topological polar surface area (TPSA) is 47.1 Å². The second kappa shape index (κ2) is 5.58. The predicted octanol–water partition coefficient (Wildman–Crippen LogP) is 2.67. The Morgan fingerprint density at radius 2 is 1.90 bits per heavy atom. The van der Waals surface area contributed by atoms with Gasteiger partial charge in [-0.25, -0.2) is 0 Å². The van der Waals surface area contributed by atoms with Gasteiger partial charge in [0.05, 0.1) is 6.20 Å². The Labute approximate surface area is 124 Å². The maximum Gasteiger partial charge on any atom is 0.0539 e. The molecule has 1 heterocycles. The van der Waals surface area contributed by atoms with Crippen molar-refractivity contribution in [3.63, 3.8) is 0 Å². The summed E-state index contributed by atoms with van der Waals surface area (Å²) in [6.45, 7) is 1.40. The zero-order chi connectivity index (χ0) is 14.8. The van der Waals surface area contributed by atoms with Gasteiger partial charge in [0.2, 0.25) is 0 Å². The minimum atomic E-state index is 0.563. The fourth-order valence-electron chi connectivity index (χ4n) is 2.77. The first-order chi connectivity index (χ1) is 10.2. The molecule has 4 nitrogen and oxygen atoms in total. The minimum absolute atomic E-state index is 0.563. The van der Waals surface area contributed by atoms with E-state index in [1.807, 2.05) is 24.1 Å². The maximum atomic E-state index is 5.84. The Morgan fingerprint density at radius 3 is 2.57 bits per heavy atom. The van der Waals surface area contributed by atoms with E-state index in [2.05, 4.69) is 53.4 Å². The number of hydrogen-bond donors (Lipinski definition) is 1. The molecule has 0 aliphatic rings. The molecule has 0 aliphatic carbocycles. The van der Waals surface area contributed by atoms with Crippen molar-refractivity contribution in [1.29, 1.82) is 0 Å². The number of aryl methyl sites for hydroxylation is 1. The number of benzene rings is 2.